The quantitative estimate of drug-likeness (QED) is 0.294. The lowest BCUT2D eigenvalue weighted by atomic mass is 9.97. The molecule has 5 rings (SSSR count). The maximum atomic E-state index is 12.2. The van der Waals surface area contributed by atoms with E-state index in [1.54, 1.807) is 12.4 Å². The van der Waals surface area contributed by atoms with Gasteiger partial charge in [-0.3, -0.25) is 4.98 Å². The van der Waals surface area contributed by atoms with E-state index >= 15 is 0 Å². The summed E-state index contributed by atoms with van der Waals surface area (Å²) < 4.78 is 6.03. The fourth-order valence-electron chi connectivity index (χ4n) is 4.59. The second-order valence-electron chi connectivity index (χ2n) is 9.24. The van der Waals surface area contributed by atoms with Crippen LogP contribution in [0.3, 0.4) is 0 Å². The van der Waals surface area contributed by atoms with Gasteiger partial charge in [-0.2, -0.15) is 0 Å². The minimum atomic E-state index is -0.264. The normalized spacial score (nSPS) is 13.1. The fourth-order valence-corrected chi connectivity index (χ4v) is 4.59. The lowest BCUT2D eigenvalue weighted by Gasteiger charge is -2.29. The van der Waals surface area contributed by atoms with E-state index in [1.807, 2.05) is 36.4 Å². The molecule has 1 aliphatic rings. The number of nitrogens with zero attached hydrogens (tertiary/aromatic N) is 2. The molecule has 0 spiro atoms. The summed E-state index contributed by atoms with van der Waals surface area (Å²) in [5.41, 5.74) is 6.65. The Labute approximate surface area is 223 Å². The zero-order valence-corrected chi connectivity index (χ0v) is 21.4. The monoisotopic (exact) mass is 507 g/mol. The third kappa shape index (κ3) is 6.89. The van der Waals surface area contributed by atoms with Crippen molar-refractivity contribution in [2.24, 2.45) is 0 Å². The van der Waals surface area contributed by atoms with Crippen LogP contribution in [-0.4, -0.2) is 43.8 Å². The SMILES string of the molecule is O=C(NCc1cccnc1)Nc1ccc(OCCc2ccccc2-c2cccc(N3CCNCC3)c2)cc1. The second-order valence-corrected chi connectivity index (χ2v) is 9.24. The minimum absolute atomic E-state index is 0.264. The van der Waals surface area contributed by atoms with Crippen LogP contribution in [0.2, 0.25) is 0 Å². The smallest absolute Gasteiger partial charge is 0.319 e. The van der Waals surface area contributed by atoms with Crippen molar-refractivity contribution < 1.29 is 9.53 Å². The van der Waals surface area contributed by atoms with Crippen LogP contribution in [0.25, 0.3) is 11.1 Å². The Morgan fingerprint density at radius 2 is 1.79 bits per heavy atom. The van der Waals surface area contributed by atoms with Gasteiger partial charge in [0, 0.05) is 62.9 Å². The van der Waals surface area contributed by atoms with E-state index in [2.05, 4.69) is 74.4 Å². The minimum Gasteiger partial charge on any atom is -0.493 e. The molecule has 3 N–H and O–H groups in total. The molecule has 0 bridgehead atoms. The van der Waals surface area contributed by atoms with Gasteiger partial charge in [-0.15, -0.1) is 0 Å². The Balaban J connectivity index is 1.14. The number of piperazine rings is 1. The summed E-state index contributed by atoms with van der Waals surface area (Å²) in [7, 11) is 0. The van der Waals surface area contributed by atoms with Gasteiger partial charge in [0.15, 0.2) is 0 Å². The molecule has 1 saturated heterocycles. The summed E-state index contributed by atoms with van der Waals surface area (Å²) in [6, 6.07) is 28.3. The van der Waals surface area contributed by atoms with Crippen molar-refractivity contribution in [3.8, 4) is 16.9 Å². The highest BCUT2D eigenvalue weighted by molar-refractivity contribution is 5.89. The zero-order valence-electron chi connectivity index (χ0n) is 21.4. The number of urea groups is 1. The van der Waals surface area contributed by atoms with Gasteiger partial charge in [0.05, 0.1) is 6.61 Å². The summed E-state index contributed by atoms with van der Waals surface area (Å²) in [6.45, 7) is 5.09. The maximum Gasteiger partial charge on any atom is 0.319 e. The molecule has 1 aliphatic heterocycles. The van der Waals surface area contributed by atoms with Crippen molar-refractivity contribution >= 4 is 17.4 Å². The molecule has 0 unspecified atom stereocenters. The Bertz CT molecular complexity index is 1320. The predicted molar refractivity (Wildman–Crippen MR) is 153 cm³/mol. The van der Waals surface area contributed by atoms with Crippen LogP contribution in [-0.2, 0) is 13.0 Å². The molecular formula is C31H33N5O2. The first-order chi connectivity index (χ1) is 18.7. The number of rotatable bonds is 9. The molecule has 194 valence electrons. The van der Waals surface area contributed by atoms with Crippen molar-refractivity contribution in [3.63, 3.8) is 0 Å². The molecule has 2 amide bonds. The van der Waals surface area contributed by atoms with Crippen LogP contribution in [0.5, 0.6) is 5.75 Å². The van der Waals surface area contributed by atoms with Crippen LogP contribution in [0.15, 0.2) is 97.3 Å². The van der Waals surface area contributed by atoms with Gasteiger partial charge in [-0.25, -0.2) is 4.79 Å². The molecule has 38 heavy (non-hydrogen) atoms. The number of benzene rings is 3. The van der Waals surface area contributed by atoms with E-state index in [-0.39, 0.29) is 6.03 Å². The number of amides is 2. The Morgan fingerprint density at radius 1 is 0.947 bits per heavy atom. The second kappa shape index (κ2) is 12.7. The lowest BCUT2D eigenvalue weighted by Crippen LogP contribution is -2.43. The third-order valence-electron chi connectivity index (χ3n) is 6.58. The van der Waals surface area contributed by atoms with Crippen LogP contribution in [0.1, 0.15) is 11.1 Å². The molecule has 3 aromatic carbocycles. The standard InChI is InChI=1S/C31H33N5O2/c37-31(34-23-24-5-4-15-33-22-24)35-27-10-12-29(13-11-27)38-20-14-25-6-1-2-9-30(25)26-7-3-8-28(21-26)36-18-16-32-17-19-36/h1-13,15,21-22,32H,14,16-20,23H2,(H2,34,35,37). The van der Waals surface area contributed by atoms with E-state index in [0.29, 0.717) is 18.8 Å². The number of ether oxygens (including phenoxy) is 1. The van der Waals surface area contributed by atoms with Gasteiger partial charge in [0.25, 0.3) is 0 Å². The molecule has 0 saturated carbocycles. The highest BCUT2D eigenvalue weighted by Crippen LogP contribution is 2.28. The summed E-state index contributed by atoms with van der Waals surface area (Å²) in [5, 5.41) is 9.09. The fraction of sp³-hybridized carbons (Fsp3) is 0.226. The van der Waals surface area contributed by atoms with Crippen molar-refractivity contribution in [1.29, 1.82) is 0 Å². The summed E-state index contributed by atoms with van der Waals surface area (Å²) in [6.07, 6.45) is 4.24. The van der Waals surface area contributed by atoms with E-state index < -0.39 is 0 Å². The first-order valence-corrected chi connectivity index (χ1v) is 13.1. The highest BCUT2D eigenvalue weighted by Gasteiger charge is 2.12. The average Bonchev–Trinajstić information content (AvgIpc) is 2.98. The first-order valence-electron chi connectivity index (χ1n) is 13.1. The number of aromatic nitrogens is 1. The van der Waals surface area contributed by atoms with Gasteiger partial charge < -0.3 is 25.6 Å². The van der Waals surface area contributed by atoms with E-state index in [9.17, 15) is 4.79 Å². The topological polar surface area (TPSA) is 78.5 Å². The number of hydrogen-bond donors (Lipinski definition) is 3. The molecule has 7 nitrogen and oxygen atoms in total. The number of anilines is 2. The largest absolute Gasteiger partial charge is 0.493 e. The highest BCUT2D eigenvalue weighted by atomic mass is 16.5. The molecule has 0 aliphatic carbocycles. The average molecular weight is 508 g/mol. The molecule has 4 aromatic rings. The van der Waals surface area contributed by atoms with Gasteiger partial charge >= 0.3 is 6.03 Å². The lowest BCUT2D eigenvalue weighted by molar-refractivity contribution is 0.251. The molecule has 0 atom stereocenters. The number of hydrogen-bond acceptors (Lipinski definition) is 5. The summed E-state index contributed by atoms with van der Waals surface area (Å²) in [5.74, 6) is 0.768. The molecular weight excluding hydrogens is 474 g/mol. The van der Waals surface area contributed by atoms with Crippen molar-refractivity contribution in [3.05, 3.63) is 108 Å². The van der Waals surface area contributed by atoms with Crippen molar-refractivity contribution in [2.75, 3.05) is 43.0 Å². The Hall–Kier alpha value is -4.36. The predicted octanol–water partition coefficient (Wildman–Crippen LogP) is 5.10. The van der Waals surface area contributed by atoms with E-state index in [1.165, 1.54) is 22.4 Å². The van der Waals surface area contributed by atoms with Gasteiger partial charge in [0.2, 0.25) is 0 Å². The first kappa shape index (κ1) is 25.3. The van der Waals surface area contributed by atoms with Crippen molar-refractivity contribution in [2.45, 2.75) is 13.0 Å². The summed E-state index contributed by atoms with van der Waals surface area (Å²) >= 11 is 0. The molecule has 1 aromatic heterocycles. The number of pyridine rings is 1. The summed E-state index contributed by atoms with van der Waals surface area (Å²) in [4.78, 5) is 18.7. The van der Waals surface area contributed by atoms with Crippen molar-refractivity contribution in [1.82, 2.24) is 15.6 Å². The number of carbonyl (C=O) groups excluding carboxylic acids is 1. The van der Waals surface area contributed by atoms with Crippen LogP contribution >= 0.6 is 0 Å². The zero-order chi connectivity index (χ0) is 26.0. The molecule has 0 radical (unpaired) electrons. The van der Waals surface area contributed by atoms with Crippen LogP contribution < -0.4 is 25.6 Å². The molecule has 7 heteroatoms. The number of nitrogens with one attached hydrogen (secondary N) is 3. The Morgan fingerprint density at radius 3 is 2.61 bits per heavy atom. The van der Waals surface area contributed by atoms with Gasteiger partial charge in [0.1, 0.15) is 5.75 Å². The van der Waals surface area contributed by atoms with E-state index in [0.717, 1.165) is 43.9 Å². The third-order valence-corrected chi connectivity index (χ3v) is 6.58. The van der Waals surface area contributed by atoms with Crippen LogP contribution in [0, 0.1) is 0 Å². The van der Waals surface area contributed by atoms with E-state index in [4.69, 9.17) is 4.74 Å². The Kier molecular flexibility index (Phi) is 8.48. The molecule has 2 heterocycles. The van der Waals surface area contributed by atoms with Gasteiger partial charge in [-0.1, -0.05) is 42.5 Å². The van der Waals surface area contributed by atoms with Crippen LogP contribution in [0.4, 0.5) is 16.2 Å². The maximum absolute atomic E-state index is 12.2. The number of carbonyl (C=O) groups is 1. The van der Waals surface area contributed by atoms with Gasteiger partial charge in [-0.05, 0) is 64.7 Å². The molecule has 1 fully saturated rings.